The van der Waals surface area contributed by atoms with E-state index in [9.17, 15) is 13.2 Å². The first-order chi connectivity index (χ1) is 8.70. The number of nitrogens with one attached hydrogen (secondary N) is 1. The molecule has 7 heteroatoms. The molecule has 1 aromatic rings. The van der Waals surface area contributed by atoms with Crippen LogP contribution in [0, 0.1) is 6.92 Å². The molecule has 1 N–H and O–H groups in total. The zero-order valence-electron chi connectivity index (χ0n) is 11.9. The number of carbonyl (C=O) groups is 1. The van der Waals surface area contributed by atoms with Crippen LogP contribution >= 0.6 is 11.3 Å². The quantitative estimate of drug-likeness (QED) is 0.902. The first-order valence-electron chi connectivity index (χ1n) is 6.04. The first kappa shape index (κ1) is 16.1. The molecule has 0 aliphatic carbocycles. The average Bonchev–Trinajstić information content (AvgIpc) is 2.71. The maximum absolute atomic E-state index is 12.1. The third-order valence-electron chi connectivity index (χ3n) is 2.84. The van der Waals surface area contributed by atoms with E-state index < -0.39 is 10.0 Å². The van der Waals surface area contributed by atoms with Crippen molar-refractivity contribution < 1.29 is 13.2 Å². The Bertz CT molecular complexity index is 562. The SMILES string of the molecule is CC[C@H](C)NC(=O)c1cc(S(=O)(=O)N(C)C)c(C)s1. The summed E-state index contributed by atoms with van der Waals surface area (Å²) >= 11 is 1.20. The predicted octanol–water partition coefficient (Wildman–Crippen LogP) is 1.84. The van der Waals surface area contributed by atoms with Crippen molar-refractivity contribution >= 4 is 27.3 Å². The summed E-state index contributed by atoms with van der Waals surface area (Å²) in [5, 5.41) is 2.83. The van der Waals surface area contributed by atoms with Crippen LogP contribution in [0.4, 0.5) is 0 Å². The lowest BCUT2D eigenvalue weighted by Crippen LogP contribution is -2.31. The molecule has 0 aromatic carbocycles. The molecule has 1 rings (SSSR count). The number of carbonyl (C=O) groups excluding carboxylic acids is 1. The number of sulfonamides is 1. The number of rotatable bonds is 5. The van der Waals surface area contributed by atoms with Crippen molar-refractivity contribution in [3.05, 3.63) is 15.8 Å². The summed E-state index contributed by atoms with van der Waals surface area (Å²) in [6.07, 6.45) is 0.832. The third kappa shape index (κ3) is 3.55. The third-order valence-corrected chi connectivity index (χ3v) is 5.96. The molecule has 0 saturated heterocycles. The molecule has 1 heterocycles. The van der Waals surface area contributed by atoms with Gasteiger partial charge in [-0.25, -0.2) is 12.7 Å². The normalized spacial score (nSPS) is 13.6. The minimum atomic E-state index is -3.49. The summed E-state index contributed by atoms with van der Waals surface area (Å²) in [6, 6.07) is 1.52. The summed E-state index contributed by atoms with van der Waals surface area (Å²) in [5.74, 6) is -0.220. The summed E-state index contributed by atoms with van der Waals surface area (Å²) in [4.78, 5) is 13.2. The van der Waals surface area contributed by atoms with E-state index >= 15 is 0 Å². The first-order valence-corrected chi connectivity index (χ1v) is 8.29. The number of hydrogen-bond acceptors (Lipinski definition) is 4. The van der Waals surface area contributed by atoms with E-state index in [0.717, 1.165) is 10.7 Å². The van der Waals surface area contributed by atoms with E-state index in [1.807, 2.05) is 13.8 Å². The van der Waals surface area contributed by atoms with Crippen LogP contribution < -0.4 is 5.32 Å². The van der Waals surface area contributed by atoms with E-state index in [2.05, 4.69) is 5.32 Å². The highest BCUT2D eigenvalue weighted by Crippen LogP contribution is 2.27. The van der Waals surface area contributed by atoms with Crippen molar-refractivity contribution in [3.8, 4) is 0 Å². The summed E-state index contributed by atoms with van der Waals surface area (Å²) < 4.78 is 25.3. The van der Waals surface area contributed by atoms with Gasteiger partial charge >= 0.3 is 0 Å². The van der Waals surface area contributed by atoms with Crippen LogP contribution in [0.15, 0.2) is 11.0 Å². The Morgan fingerprint density at radius 2 is 2.05 bits per heavy atom. The number of nitrogens with zero attached hydrogens (tertiary/aromatic N) is 1. The highest BCUT2D eigenvalue weighted by atomic mass is 32.2. The van der Waals surface area contributed by atoms with Crippen molar-refractivity contribution in [1.82, 2.24) is 9.62 Å². The van der Waals surface area contributed by atoms with Crippen molar-refractivity contribution in [2.24, 2.45) is 0 Å². The molecule has 0 spiro atoms. The van der Waals surface area contributed by atoms with Crippen LogP contribution in [-0.2, 0) is 10.0 Å². The minimum Gasteiger partial charge on any atom is -0.349 e. The van der Waals surface area contributed by atoms with Gasteiger partial charge in [0.25, 0.3) is 5.91 Å². The Morgan fingerprint density at radius 3 is 2.53 bits per heavy atom. The maximum atomic E-state index is 12.1. The van der Waals surface area contributed by atoms with Crippen LogP contribution in [0.25, 0.3) is 0 Å². The van der Waals surface area contributed by atoms with Gasteiger partial charge in [-0.15, -0.1) is 11.3 Å². The lowest BCUT2D eigenvalue weighted by atomic mass is 10.2. The number of aryl methyl sites for hydroxylation is 1. The van der Waals surface area contributed by atoms with Gasteiger partial charge in [0.05, 0.1) is 9.77 Å². The van der Waals surface area contributed by atoms with Gasteiger partial charge in [-0.05, 0) is 26.3 Å². The lowest BCUT2D eigenvalue weighted by molar-refractivity contribution is 0.0943. The van der Waals surface area contributed by atoms with Crippen molar-refractivity contribution in [2.75, 3.05) is 14.1 Å². The lowest BCUT2D eigenvalue weighted by Gasteiger charge is -2.10. The molecule has 0 radical (unpaired) electrons. The molecular formula is C12H20N2O3S2. The largest absolute Gasteiger partial charge is 0.349 e. The minimum absolute atomic E-state index is 0.0730. The smallest absolute Gasteiger partial charge is 0.261 e. The molecule has 0 bridgehead atoms. The Hall–Kier alpha value is -0.920. The number of thiophene rings is 1. The van der Waals surface area contributed by atoms with Gasteiger partial charge in [0, 0.05) is 25.0 Å². The fourth-order valence-electron chi connectivity index (χ4n) is 1.43. The van der Waals surface area contributed by atoms with Gasteiger partial charge in [-0.3, -0.25) is 4.79 Å². The van der Waals surface area contributed by atoms with Crippen LogP contribution in [0.5, 0.6) is 0 Å². The predicted molar refractivity (Wildman–Crippen MR) is 77.1 cm³/mol. The second kappa shape index (κ2) is 6.02. The van der Waals surface area contributed by atoms with Gasteiger partial charge in [-0.1, -0.05) is 6.92 Å². The second-order valence-electron chi connectivity index (χ2n) is 4.60. The molecule has 5 nitrogen and oxygen atoms in total. The molecule has 0 saturated carbocycles. The molecule has 1 aromatic heterocycles. The second-order valence-corrected chi connectivity index (χ2v) is 7.98. The topological polar surface area (TPSA) is 66.5 Å². The molecule has 0 fully saturated rings. The molecule has 0 aliphatic rings. The molecular weight excluding hydrogens is 284 g/mol. The summed E-state index contributed by atoms with van der Waals surface area (Å²) in [6.45, 7) is 5.60. The van der Waals surface area contributed by atoms with E-state index in [1.165, 1.54) is 31.5 Å². The monoisotopic (exact) mass is 304 g/mol. The van der Waals surface area contributed by atoms with Crippen LogP contribution in [0.1, 0.15) is 34.8 Å². The highest BCUT2D eigenvalue weighted by Gasteiger charge is 2.24. The molecule has 0 aliphatic heterocycles. The average molecular weight is 304 g/mol. The van der Waals surface area contributed by atoms with Gasteiger partial charge in [0.1, 0.15) is 0 Å². The van der Waals surface area contributed by atoms with E-state index in [0.29, 0.717) is 9.75 Å². The highest BCUT2D eigenvalue weighted by molar-refractivity contribution is 7.89. The van der Waals surface area contributed by atoms with Crippen LogP contribution in [0.2, 0.25) is 0 Å². The Labute approximate surface area is 118 Å². The van der Waals surface area contributed by atoms with Crippen molar-refractivity contribution in [2.45, 2.75) is 38.1 Å². The molecule has 108 valence electrons. The zero-order chi connectivity index (χ0) is 14.8. The molecule has 19 heavy (non-hydrogen) atoms. The standard InChI is InChI=1S/C12H20N2O3S2/c1-6-8(2)13-12(15)10-7-11(9(3)18-10)19(16,17)14(4)5/h7-8H,6H2,1-5H3,(H,13,15)/t8-/m0/s1. The maximum Gasteiger partial charge on any atom is 0.261 e. The number of hydrogen-bond donors (Lipinski definition) is 1. The Morgan fingerprint density at radius 1 is 1.47 bits per heavy atom. The fourth-order valence-corrected chi connectivity index (χ4v) is 3.78. The zero-order valence-corrected chi connectivity index (χ0v) is 13.5. The molecule has 1 amide bonds. The van der Waals surface area contributed by atoms with Crippen molar-refractivity contribution in [3.63, 3.8) is 0 Å². The Kier molecular flexibility index (Phi) is 5.11. The van der Waals surface area contributed by atoms with Crippen LogP contribution in [-0.4, -0.2) is 38.8 Å². The van der Waals surface area contributed by atoms with Gasteiger partial charge < -0.3 is 5.32 Å². The molecule has 0 unspecified atom stereocenters. The molecule has 1 atom stereocenters. The summed E-state index contributed by atoms with van der Waals surface area (Å²) in [5.41, 5.74) is 0. The van der Waals surface area contributed by atoms with Gasteiger partial charge in [0.15, 0.2) is 0 Å². The van der Waals surface area contributed by atoms with E-state index in [1.54, 1.807) is 6.92 Å². The van der Waals surface area contributed by atoms with Gasteiger partial charge in [0.2, 0.25) is 10.0 Å². The van der Waals surface area contributed by atoms with Crippen LogP contribution in [0.3, 0.4) is 0 Å². The van der Waals surface area contributed by atoms with Crippen molar-refractivity contribution in [1.29, 1.82) is 0 Å². The van der Waals surface area contributed by atoms with E-state index in [-0.39, 0.29) is 16.8 Å². The van der Waals surface area contributed by atoms with Gasteiger partial charge in [-0.2, -0.15) is 0 Å². The fraction of sp³-hybridized carbons (Fsp3) is 0.583. The Balaban J connectivity index is 3.07. The summed E-state index contributed by atoms with van der Waals surface area (Å²) in [7, 11) is -0.535. The number of amides is 1. The van der Waals surface area contributed by atoms with E-state index in [4.69, 9.17) is 0 Å².